The lowest BCUT2D eigenvalue weighted by molar-refractivity contribution is 0.0470. The van der Waals surface area contributed by atoms with Gasteiger partial charge < -0.3 is 18.9 Å². The van der Waals surface area contributed by atoms with Crippen molar-refractivity contribution in [1.29, 1.82) is 0 Å². The van der Waals surface area contributed by atoms with Crippen molar-refractivity contribution in [2.75, 3.05) is 47.1 Å². The minimum Gasteiger partial charge on any atom is -0.493 e. The average molecular weight is 532 g/mol. The Balaban J connectivity index is 1.50. The number of ketones is 1. The molecule has 1 saturated heterocycles. The van der Waals surface area contributed by atoms with Crippen LogP contribution < -0.4 is 9.47 Å². The summed E-state index contributed by atoms with van der Waals surface area (Å²) in [5.41, 5.74) is 1.53. The fourth-order valence-electron chi connectivity index (χ4n) is 4.84. The van der Waals surface area contributed by atoms with Crippen LogP contribution in [0, 0.1) is 0 Å². The zero-order valence-electron chi connectivity index (χ0n) is 21.2. The number of nitrogens with zero attached hydrogens (tertiary/aromatic N) is 1. The fraction of sp³-hybridized carbons (Fsp3) is 0.481. The number of benzene rings is 2. The Hall–Kier alpha value is -2.95. The molecule has 37 heavy (non-hydrogen) atoms. The van der Waals surface area contributed by atoms with Crippen molar-refractivity contribution in [2.45, 2.75) is 42.9 Å². The maximum absolute atomic E-state index is 13.2. The van der Waals surface area contributed by atoms with Crippen molar-refractivity contribution in [3.05, 3.63) is 53.1 Å². The number of hydrogen-bond donors (Lipinski definition) is 0. The van der Waals surface area contributed by atoms with Gasteiger partial charge in [-0.15, -0.1) is 0 Å². The van der Waals surface area contributed by atoms with Gasteiger partial charge in [0.1, 0.15) is 5.56 Å². The maximum Gasteiger partial charge on any atom is 0.342 e. The van der Waals surface area contributed by atoms with Crippen molar-refractivity contribution in [1.82, 2.24) is 4.31 Å². The van der Waals surface area contributed by atoms with Gasteiger partial charge in [-0.05, 0) is 30.4 Å². The summed E-state index contributed by atoms with van der Waals surface area (Å²) in [6.45, 7) is 0.471. The molecule has 2 aromatic carbocycles. The van der Waals surface area contributed by atoms with E-state index >= 15 is 0 Å². The van der Waals surface area contributed by atoms with Crippen LogP contribution in [0.1, 0.15) is 64.3 Å². The van der Waals surface area contributed by atoms with E-state index in [2.05, 4.69) is 0 Å². The normalized spacial score (nSPS) is 17.2. The minimum atomic E-state index is -3.92. The number of morpholine rings is 1. The van der Waals surface area contributed by atoms with E-state index in [9.17, 15) is 18.0 Å². The maximum atomic E-state index is 13.2. The molecule has 2 aliphatic rings. The number of carbonyl (C=O) groups excluding carboxylic acids is 2. The second-order valence-corrected chi connectivity index (χ2v) is 11.1. The lowest BCUT2D eigenvalue weighted by Crippen LogP contribution is -2.40. The highest BCUT2D eigenvalue weighted by Gasteiger charge is 2.30. The van der Waals surface area contributed by atoms with E-state index in [4.69, 9.17) is 18.9 Å². The van der Waals surface area contributed by atoms with Gasteiger partial charge in [0.25, 0.3) is 0 Å². The molecule has 0 unspecified atom stereocenters. The standard InChI is InChI=1S/C27H33NO8S/c1-33-25-17-22(37(31,32)28-12-14-35-15-13-28)16-23(26(25)34-2)27(30)36-18-24(29)21-10-8-20(9-11-21)19-6-4-3-5-7-19/h8-11,16-17,19H,3-7,12-15,18H2,1-2H3. The highest BCUT2D eigenvalue weighted by Crippen LogP contribution is 2.36. The Morgan fingerprint density at radius 3 is 2.27 bits per heavy atom. The molecular formula is C27H33NO8S. The molecule has 1 heterocycles. The minimum absolute atomic E-state index is 0.0257. The molecule has 1 saturated carbocycles. The van der Waals surface area contributed by atoms with Gasteiger partial charge in [-0.2, -0.15) is 4.31 Å². The van der Waals surface area contributed by atoms with Crippen LogP contribution in [0.2, 0.25) is 0 Å². The average Bonchev–Trinajstić information content (AvgIpc) is 2.95. The van der Waals surface area contributed by atoms with Crippen molar-refractivity contribution < 1.29 is 37.0 Å². The molecule has 9 nitrogen and oxygen atoms in total. The number of hydrogen-bond acceptors (Lipinski definition) is 8. The number of rotatable bonds is 9. The number of Topliss-reactive ketones (excluding diaryl/α,β-unsaturated/α-hetero) is 1. The first-order valence-corrected chi connectivity index (χ1v) is 13.9. The Bertz CT molecular complexity index is 1210. The third kappa shape index (κ3) is 6.14. The smallest absolute Gasteiger partial charge is 0.342 e. The zero-order valence-corrected chi connectivity index (χ0v) is 22.1. The molecule has 10 heteroatoms. The first-order valence-electron chi connectivity index (χ1n) is 12.5. The molecule has 0 bridgehead atoms. The van der Waals surface area contributed by atoms with Crippen LogP contribution in [0.5, 0.6) is 11.5 Å². The van der Waals surface area contributed by atoms with Gasteiger partial charge in [0.2, 0.25) is 10.0 Å². The Morgan fingerprint density at radius 2 is 1.65 bits per heavy atom. The highest BCUT2D eigenvalue weighted by atomic mass is 32.2. The topological polar surface area (TPSA) is 108 Å². The summed E-state index contributed by atoms with van der Waals surface area (Å²) in [6.07, 6.45) is 6.05. The lowest BCUT2D eigenvalue weighted by Gasteiger charge is -2.26. The van der Waals surface area contributed by atoms with Gasteiger partial charge >= 0.3 is 5.97 Å². The number of ether oxygens (including phenoxy) is 4. The second-order valence-electron chi connectivity index (χ2n) is 9.18. The van der Waals surface area contributed by atoms with Crippen LogP contribution in [0.25, 0.3) is 0 Å². The molecule has 2 fully saturated rings. The number of methoxy groups -OCH3 is 2. The summed E-state index contributed by atoms with van der Waals surface area (Å²) in [7, 11) is -1.24. The molecule has 200 valence electrons. The lowest BCUT2D eigenvalue weighted by atomic mass is 9.84. The third-order valence-electron chi connectivity index (χ3n) is 6.92. The first kappa shape index (κ1) is 27.1. The van der Waals surface area contributed by atoms with Crippen LogP contribution >= 0.6 is 0 Å². The number of esters is 1. The summed E-state index contributed by atoms with van der Waals surface area (Å²) >= 11 is 0. The Labute approximate surface area is 217 Å². The van der Waals surface area contributed by atoms with Crippen LogP contribution in [-0.2, 0) is 19.5 Å². The quantitative estimate of drug-likeness (QED) is 0.355. The molecule has 0 spiro atoms. The van der Waals surface area contributed by atoms with Gasteiger partial charge in [0, 0.05) is 24.7 Å². The summed E-state index contributed by atoms with van der Waals surface area (Å²) in [4.78, 5) is 25.6. The van der Waals surface area contributed by atoms with E-state index in [1.807, 2.05) is 12.1 Å². The monoisotopic (exact) mass is 531 g/mol. The van der Waals surface area contributed by atoms with Crippen LogP contribution in [0.15, 0.2) is 41.3 Å². The van der Waals surface area contributed by atoms with E-state index in [-0.39, 0.29) is 54.0 Å². The van der Waals surface area contributed by atoms with E-state index in [0.717, 1.165) is 12.8 Å². The van der Waals surface area contributed by atoms with Gasteiger partial charge in [0.15, 0.2) is 23.9 Å². The van der Waals surface area contributed by atoms with E-state index < -0.39 is 22.6 Å². The van der Waals surface area contributed by atoms with E-state index in [1.165, 1.54) is 55.5 Å². The predicted molar refractivity (Wildman–Crippen MR) is 136 cm³/mol. The van der Waals surface area contributed by atoms with Gasteiger partial charge in [-0.3, -0.25) is 4.79 Å². The predicted octanol–water partition coefficient (Wildman–Crippen LogP) is 3.81. The molecule has 1 aliphatic heterocycles. The van der Waals surface area contributed by atoms with Gasteiger partial charge in [-0.1, -0.05) is 43.5 Å². The molecule has 0 atom stereocenters. The van der Waals surface area contributed by atoms with Crippen LogP contribution in [-0.4, -0.2) is 71.6 Å². The summed E-state index contributed by atoms with van der Waals surface area (Å²) in [5.74, 6) is -0.627. The van der Waals surface area contributed by atoms with Crippen molar-refractivity contribution in [2.24, 2.45) is 0 Å². The summed E-state index contributed by atoms with van der Waals surface area (Å²) < 4.78 is 48.8. The molecule has 0 aromatic heterocycles. The summed E-state index contributed by atoms with van der Waals surface area (Å²) in [5, 5.41) is 0. The van der Waals surface area contributed by atoms with Crippen molar-refractivity contribution in [3.8, 4) is 11.5 Å². The molecular weight excluding hydrogens is 498 g/mol. The third-order valence-corrected chi connectivity index (χ3v) is 8.80. The number of carbonyl (C=O) groups is 2. The van der Waals surface area contributed by atoms with E-state index in [1.54, 1.807) is 12.1 Å². The molecule has 1 aliphatic carbocycles. The fourth-order valence-corrected chi connectivity index (χ4v) is 6.30. The van der Waals surface area contributed by atoms with Crippen molar-refractivity contribution in [3.63, 3.8) is 0 Å². The SMILES string of the molecule is COc1cc(S(=O)(=O)N2CCOCC2)cc(C(=O)OCC(=O)c2ccc(C3CCCCC3)cc2)c1OC. The molecule has 2 aromatic rings. The van der Waals surface area contributed by atoms with Gasteiger partial charge in [-0.25, -0.2) is 13.2 Å². The molecule has 4 rings (SSSR count). The van der Waals surface area contributed by atoms with Gasteiger partial charge in [0.05, 0.1) is 32.3 Å². The largest absolute Gasteiger partial charge is 0.493 e. The zero-order chi connectivity index (χ0) is 26.4. The molecule has 0 amide bonds. The first-order chi connectivity index (χ1) is 17.8. The highest BCUT2D eigenvalue weighted by molar-refractivity contribution is 7.89. The van der Waals surface area contributed by atoms with Crippen LogP contribution in [0.3, 0.4) is 0 Å². The number of sulfonamides is 1. The Morgan fingerprint density at radius 1 is 0.973 bits per heavy atom. The molecule has 0 radical (unpaired) electrons. The Kier molecular flexibility index (Phi) is 8.83. The van der Waals surface area contributed by atoms with E-state index in [0.29, 0.717) is 11.5 Å². The van der Waals surface area contributed by atoms with Crippen LogP contribution in [0.4, 0.5) is 0 Å². The summed E-state index contributed by atoms with van der Waals surface area (Å²) in [6, 6.07) is 9.97. The molecule has 0 N–H and O–H groups in total. The second kappa shape index (κ2) is 12.1. The van der Waals surface area contributed by atoms with Crippen molar-refractivity contribution >= 4 is 21.8 Å².